The van der Waals surface area contributed by atoms with Gasteiger partial charge in [-0.3, -0.25) is 14.2 Å². The van der Waals surface area contributed by atoms with E-state index in [0.29, 0.717) is 4.90 Å². The van der Waals surface area contributed by atoms with Gasteiger partial charge in [-0.25, -0.2) is 14.6 Å². The second kappa shape index (κ2) is 11.7. The predicted octanol–water partition coefficient (Wildman–Crippen LogP) is 2.91. The van der Waals surface area contributed by atoms with Gasteiger partial charge in [0.05, 0.1) is 12.9 Å². The smallest absolute Gasteiger partial charge is 0.425 e. The maximum Gasteiger partial charge on any atom is 0.425 e. The molecule has 1 fully saturated rings. The Hall–Kier alpha value is -4.00. The average molecular weight is 610 g/mol. The Balaban J connectivity index is 2.25. The molecular weight excluding hydrogens is 578 g/mol. The zero-order valence-corrected chi connectivity index (χ0v) is 25.1. The molecule has 0 bridgehead atoms. The molecule has 2 aromatic heterocycles. The van der Waals surface area contributed by atoms with Crippen LogP contribution in [0.3, 0.4) is 0 Å². The number of terminal acetylenes is 1. The molecule has 1 aliphatic rings. The van der Waals surface area contributed by atoms with Gasteiger partial charge in [0, 0.05) is 13.8 Å². The summed E-state index contributed by atoms with van der Waals surface area (Å²) in [5, 5.41) is 9.63. The average Bonchev–Trinajstić information content (AvgIpc) is 3.35. The van der Waals surface area contributed by atoms with Gasteiger partial charge in [-0.15, -0.1) is 6.42 Å². The minimum atomic E-state index is -2.05. The van der Waals surface area contributed by atoms with Crippen molar-refractivity contribution in [3.05, 3.63) is 11.6 Å². The van der Waals surface area contributed by atoms with Crippen molar-refractivity contribution in [1.29, 1.82) is 0 Å². The van der Waals surface area contributed by atoms with Gasteiger partial charge in [0.15, 0.2) is 23.2 Å². The van der Waals surface area contributed by atoms with Gasteiger partial charge in [0.1, 0.15) is 17.3 Å². The number of carbonyl (C=O) groups is 4. The van der Waals surface area contributed by atoms with E-state index in [4.69, 9.17) is 41.7 Å². The van der Waals surface area contributed by atoms with E-state index in [1.165, 1.54) is 4.57 Å². The van der Waals surface area contributed by atoms with E-state index >= 15 is 0 Å². The number of nitrogens with zero attached hydrogens (tertiary/aromatic N) is 5. The van der Waals surface area contributed by atoms with Crippen LogP contribution < -0.4 is 4.90 Å². The van der Waals surface area contributed by atoms with E-state index < -0.39 is 77.1 Å². The van der Waals surface area contributed by atoms with Crippen molar-refractivity contribution >= 4 is 52.7 Å². The molecule has 1 N–H and O–H groups in total. The first-order chi connectivity index (χ1) is 19.3. The lowest BCUT2D eigenvalue weighted by Gasteiger charge is -2.32. The summed E-state index contributed by atoms with van der Waals surface area (Å²) in [5.41, 5.74) is -4.34. The Morgan fingerprint density at radius 1 is 1.10 bits per heavy atom. The third-order valence-corrected chi connectivity index (χ3v) is 5.64. The summed E-state index contributed by atoms with van der Waals surface area (Å²) in [7, 11) is 0. The maximum absolute atomic E-state index is 13.3. The predicted molar refractivity (Wildman–Crippen MR) is 145 cm³/mol. The number of imide groups is 1. The normalized spacial score (nSPS) is 22.3. The van der Waals surface area contributed by atoms with Crippen LogP contribution in [0.15, 0.2) is 6.33 Å². The summed E-state index contributed by atoms with van der Waals surface area (Å²) in [6, 6.07) is 0. The minimum absolute atomic E-state index is 0.114. The van der Waals surface area contributed by atoms with E-state index in [1.54, 1.807) is 41.5 Å². The van der Waals surface area contributed by atoms with Crippen molar-refractivity contribution in [2.45, 2.75) is 90.6 Å². The van der Waals surface area contributed by atoms with E-state index in [9.17, 15) is 24.3 Å². The highest BCUT2D eigenvalue weighted by atomic mass is 35.5. The lowest BCUT2D eigenvalue weighted by Crippen LogP contribution is -2.52. The summed E-state index contributed by atoms with van der Waals surface area (Å²) in [6.45, 7) is 11.0. The summed E-state index contributed by atoms with van der Waals surface area (Å²) >= 11 is 6.25. The van der Waals surface area contributed by atoms with Gasteiger partial charge in [-0.05, 0) is 53.1 Å². The molecule has 0 radical (unpaired) electrons. The third-order valence-electron chi connectivity index (χ3n) is 5.47. The minimum Gasteiger partial charge on any atom is -0.452 e. The maximum atomic E-state index is 13.3. The number of hydrogen-bond acceptors (Lipinski definition) is 13. The van der Waals surface area contributed by atoms with Crippen molar-refractivity contribution in [2.24, 2.45) is 0 Å². The van der Waals surface area contributed by atoms with Gasteiger partial charge in [0.25, 0.3) is 0 Å². The van der Waals surface area contributed by atoms with Crippen LogP contribution in [0, 0.1) is 12.3 Å². The fraction of sp³-hybridized carbons (Fsp3) is 0.577. The zero-order chi connectivity index (χ0) is 31.8. The van der Waals surface area contributed by atoms with E-state index in [1.807, 2.05) is 0 Å². The zero-order valence-electron chi connectivity index (χ0n) is 24.3. The molecule has 3 heterocycles. The SMILES string of the molecule is C#C[C@@]1(OC(C)=O)[C@@H](CO)O[C@@H](n2cnc3c(N(C(=O)OC(C)(C)C)C(=O)OC(C)(C)C)nc(Cl)nc32)[C@@H]1OC(C)=O. The highest BCUT2D eigenvalue weighted by Crippen LogP contribution is 2.43. The molecule has 228 valence electrons. The van der Waals surface area contributed by atoms with Gasteiger partial charge >= 0.3 is 24.1 Å². The number of ether oxygens (including phenoxy) is 5. The lowest BCUT2D eigenvalue weighted by atomic mass is 9.92. The molecule has 2 amide bonds. The topological polar surface area (TPSA) is 181 Å². The number of hydrogen-bond donors (Lipinski definition) is 1. The van der Waals surface area contributed by atoms with Crippen molar-refractivity contribution in [3.63, 3.8) is 0 Å². The number of aromatic nitrogens is 4. The molecule has 16 heteroatoms. The van der Waals surface area contributed by atoms with Crippen molar-refractivity contribution in [1.82, 2.24) is 19.5 Å². The van der Waals surface area contributed by atoms with E-state index in [0.717, 1.165) is 20.2 Å². The number of aliphatic hydroxyl groups is 1. The Morgan fingerprint density at radius 3 is 2.12 bits per heavy atom. The summed E-state index contributed by atoms with van der Waals surface area (Å²) < 4.78 is 28.8. The molecule has 0 spiro atoms. The van der Waals surface area contributed by atoms with Gasteiger partial charge < -0.3 is 28.8 Å². The number of amides is 2. The molecule has 2 aromatic rings. The molecule has 4 atom stereocenters. The molecular formula is C26H32ClN5O10. The number of aliphatic hydroxyl groups excluding tert-OH is 1. The molecule has 1 aliphatic heterocycles. The molecule has 3 rings (SSSR count). The Bertz CT molecular complexity index is 1410. The number of halogens is 1. The van der Waals surface area contributed by atoms with E-state index in [-0.39, 0.29) is 11.2 Å². The first-order valence-electron chi connectivity index (χ1n) is 12.6. The fourth-order valence-corrected chi connectivity index (χ4v) is 4.26. The van der Waals surface area contributed by atoms with Crippen molar-refractivity contribution in [3.8, 4) is 12.3 Å². The molecule has 0 aromatic carbocycles. The third kappa shape index (κ3) is 6.72. The van der Waals surface area contributed by atoms with Crippen LogP contribution in [-0.2, 0) is 33.3 Å². The second-order valence-corrected chi connectivity index (χ2v) is 11.5. The Labute approximate surface area is 246 Å². The number of esters is 2. The second-order valence-electron chi connectivity index (χ2n) is 11.2. The standard InChI is InChI=1S/C26H32ClN5O10/c1-10-26(40-14(3)35)15(11-33)39-20(17(26)38-13(2)34)31-12-28-16-18(31)29-21(27)30-19(16)32(22(36)41-24(4,5)6)23(37)42-25(7,8)9/h1,12,15,17,20,33H,11H2,2-9H3/t15-,17+,20-,26-/m1/s1. The van der Waals surface area contributed by atoms with Crippen molar-refractivity contribution in [2.75, 3.05) is 11.5 Å². The van der Waals surface area contributed by atoms with Crippen LogP contribution >= 0.6 is 11.6 Å². The highest BCUT2D eigenvalue weighted by molar-refractivity contribution is 6.29. The molecule has 0 aliphatic carbocycles. The highest BCUT2D eigenvalue weighted by Gasteiger charge is 2.62. The summed E-state index contributed by atoms with van der Waals surface area (Å²) in [5.74, 6) is 0.259. The first-order valence-corrected chi connectivity index (χ1v) is 13.0. The molecule has 0 saturated carbocycles. The van der Waals surface area contributed by atoms with Crippen LogP contribution in [0.4, 0.5) is 15.4 Å². The molecule has 15 nitrogen and oxygen atoms in total. The number of fused-ring (bicyclic) bond motifs is 1. The fourth-order valence-electron chi connectivity index (χ4n) is 4.10. The summed E-state index contributed by atoms with van der Waals surface area (Å²) in [6.07, 6.45) is 0.376. The number of anilines is 1. The van der Waals surface area contributed by atoms with Crippen LogP contribution in [0.2, 0.25) is 5.28 Å². The van der Waals surface area contributed by atoms with Gasteiger partial charge in [-0.1, -0.05) is 5.92 Å². The molecule has 1 saturated heterocycles. The van der Waals surface area contributed by atoms with Gasteiger partial charge in [0.2, 0.25) is 17.0 Å². The lowest BCUT2D eigenvalue weighted by molar-refractivity contribution is -0.175. The molecule has 0 unspecified atom stereocenters. The van der Waals surface area contributed by atoms with E-state index in [2.05, 4.69) is 20.9 Å². The van der Waals surface area contributed by atoms with Crippen LogP contribution in [0.1, 0.15) is 61.6 Å². The quantitative estimate of drug-likeness (QED) is 0.226. The largest absolute Gasteiger partial charge is 0.452 e. The number of carbonyl (C=O) groups excluding carboxylic acids is 4. The van der Waals surface area contributed by atoms with Crippen LogP contribution in [-0.4, -0.2) is 84.4 Å². The molecule has 42 heavy (non-hydrogen) atoms. The monoisotopic (exact) mass is 609 g/mol. The van der Waals surface area contributed by atoms with Crippen LogP contribution in [0.25, 0.3) is 11.2 Å². The van der Waals surface area contributed by atoms with Gasteiger partial charge in [-0.2, -0.15) is 14.9 Å². The first kappa shape index (κ1) is 32.5. The van der Waals surface area contributed by atoms with Crippen LogP contribution in [0.5, 0.6) is 0 Å². The Morgan fingerprint density at radius 2 is 1.67 bits per heavy atom. The number of rotatable bonds is 5. The van der Waals surface area contributed by atoms with Crippen molar-refractivity contribution < 1.29 is 48.0 Å². The summed E-state index contributed by atoms with van der Waals surface area (Å²) in [4.78, 5) is 63.7. The Kier molecular flexibility index (Phi) is 9.06. The number of imidazole rings is 1.